The molecule has 2 nitrogen and oxygen atoms in total. The fourth-order valence-corrected chi connectivity index (χ4v) is 3.79. The van der Waals surface area contributed by atoms with Gasteiger partial charge in [-0.05, 0) is 22.6 Å². The lowest BCUT2D eigenvalue weighted by Crippen LogP contribution is -1.91. The van der Waals surface area contributed by atoms with E-state index in [1.807, 2.05) is 41.8 Å². The Balaban J connectivity index is 2.27. The summed E-state index contributed by atoms with van der Waals surface area (Å²) in [7, 11) is 1.74. The molecule has 0 bridgehead atoms. The number of benzene rings is 1. The van der Waals surface area contributed by atoms with Crippen molar-refractivity contribution in [3.63, 3.8) is 0 Å². The number of rotatable bonds is 3. The minimum Gasteiger partial charge on any atom is -0.212 e. The minimum atomic E-state index is -3.46. The van der Waals surface area contributed by atoms with Gasteiger partial charge in [-0.3, -0.25) is 0 Å². The molecular weight excluding hydrogens is 264 g/mol. The molecule has 0 amide bonds. The van der Waals surface area contributed by atoms with E-state index in [9.17, 15) is 8.42 Å². The summed E-state index contributed by atoms with van der Waals surface area (Å²) in [6, 6.07) is 11.7. The summed E-state index contributed by atoms with van der Waals surface area (Å²) >= 11 is 1.41. The predicted octanol–water partition coefficient (Wildman–Crippen LogP) is 3.48. The molecular formula is C11H9ClO2S2. The van der Waals surface area contributed by atoms with E-state index in [2.05, 4.69) is 0 Å². The van der Waals surface area contributed by atoms with Crippen LogP contribution in [0.1, 0.15) is 4.88 Å². The third kappa shape index (κ3) is 3.07. The van der Waals surface area contributed by atoms with Gasteiger partial charge in [0.2, 0.25) is 9.05 Å². The van der Waals surface area contributed by atoms with E-state index in [1.165, 1.54) is 11.3 Å². The van der Waals surface area contributed by atoms with Gasteiger partial charge in [0, 0.05) is 15.6 Å². The Labute approximate surface area is 103 Å². The highest BCUT2D eigenvalue weighted by atomic mass is 35.7. The van der Waals surface area contributed by atoms with E-state index in [0.717, 1.165) is 16.0 Å². The van der Waals surface area contributed by atoms with E-state index in [1.54, 1.807) is 0 Å². The summed E-state index contributed by atoms with van der Waals surface area (Å²) in [4.78, 5) is 0.758. The van der Waals surface area contributed by atoms with Crippen LogP contribution in [0.4, 0.5) is 0 Å². The third-order valence-corrected chi connectivity index (χ3v) is 4.18. The first kappa shape index (κ1) is 11.6. The summed E-state index contributed by atoms with van der Waals surface area (Å²) in [5, 5.41) is 1.94. The molecule has 0 aliphatic rings. The maximum atomic E-state index is 10.9. The zero-order valence-corrected chi connectivity index (χ0v) is 10.6. The molecule has 0 radical (unpaired) electrons. The molecule has 2 rings (SSSR count). The Morgan fingerprint density at radius 3 is 2.44 bits per heavy atom. The molecule has 0 spiro atoms. The lowest BCUT2D eigenvalue weighted by molar-refractivity contribution is 0.609. The largest absolute Gasteiger partial charge is 0.237 e. The molecule has 0 unspecified atom stereocenters. The molecule has 16 heavy (non-hydrogen) atoms. The van der Waals surface area contributed by atoms with Crippen molar-refractivity contribution in [2.75, 3.05) is 0 Å². The van der Waals surface area contributed by atoms with Crippen LogP contribution in [0, 0.1) is 0 Å². The molecule has 0 saturated heterocycles. The molecule has 0 N–H and O–H groups in total. The van der Waals surface area contributed by atoms with Crippen molar-refractivity contribution in [3.05, 3.63) is 46.7 Å². The normalized spacial score (nSPS) is 11.6. The highest BCUT2D eigenvalue weighted by molar-refractivity contribution is 8.13. The van der Waals surface area contributed by atoms with Gasteiger partial charge < -0.3 is 0 Å². The van der Waals surface area contributed by atoms with E-state index in [0.29, 0.717) is 0 Å². The summed E-state index contributed by atoms with van der Waals surface area (Å²) in [6.07, 6.45) is 0. The van der Waals surface area contributed by atoms with Gasteiger partial charge >= 0.3 is 0 Å². The van der Waals surface area contributed by atoms with Crippen LogP contribution in [0.15, 0.2) is 41.8 Å². The molecule has 1 heterocycles. The van der Waals surface area contributed by atoms with Crippen LogP contribution in [-0.2, 0) is 14.8 Å². The Morgan fingerprint density at radius 2 is 1.81 bits per heavy atom. The van der Waals surface area contributed by atoms with Crippen molar-refractivity contribution < 1.29 is 8.42 Å². The number of hydrogen-bond donors (Lipinski definition) is 0. The van der Waals surface area contributed by atoms with E-state index in [-0.39, 0.29) is 5.75 Å². The van der Waals surface area contributed by atoms with Gasteiger partial charge in [0.1, 0.15) is 0 Å². The van der Waals surface area contributed by atoms with E-state index < -0.39 is 9.05 Å². The van der Waals surface area contributed by atoms with Crippen molar-refractivity contribution in [1.82, 2.24) is 0 Å². The van der Waals surface area contributed by atoms with E-state index >= 15 is 0 Å². The molecule has 0 fully saturated rings. The van der Waals surface area contributed by atoms with Crippen LogP contribution in [0.2, 0.25) is 0 Å². The zero-order valence-electron chi connectivity index (χ0n) is 8.26. The summed E-state index contributed by atoms with van der Waals surface area (Å²) in [6.45, 7) is 0. The molecule has 84 valence electrons. The number of thiophene rings is 1. The first-order valence-corrected chi connectivity index (χ1v) is 7.95. The predicted molar refractivity (Wildman–Crippen MR) is 68.2 cm³/mol. The van der Waals surface area contributed by atoms with Gasteiger partial charge in [0.25, 0.3) is 0 Å². The topological polar surface area (TPSA) is 34.1 Å². The van der Waals surface area contributed by atoms with Crippen molar-refractivity contribution >= 4 is 31.1 Å². The highest BCUT2D eigenvalue weighted by Gasteiger charge is 2.10. The summed E-state index contributed by atoms with van der Waals surface area (Å²) in [5.74, 6) is -0.105. The Kier molecular flexibility index (Phi) is 3.33. The number of halogens is 1. The average molecular weight is 273 g/mol. The van der Waals surface area contributed by atoms with Gasteiger partial charge in [-0.15, -0.1) is 11.3 Å². The lowest BCUT2D eigenvalue weighted by Gasteiger charge is -1.95. The highest BCUT2D eigenvalue weighted by Crippen LogP contribution is 2.27. The quantitative estimate of drug-likeness (QED) is 0.802. The maximum Gasteiger partial charge on any atom is 0.237 e. The van der Waals surface area contributed by atoms with Crippen LogP contribution in [0.25, 0.3) is 11.1 Å². The summed E-state index contributed by atoms with van der Waals surface area (Å²) < 4.78 is 21.8. The Morgan fingerprint density at radius 1 is 1.12 bits per heavy atom. The standard InChI is InChI=1S/C11H9ClO2S2/c12-16(13,14)8-11-6-10(7-15-11)9-4-2-1-3-5-9/h1-7H,8H2. The van der Waals surface area contributed by atoms with E-state index in [4.69, 9.17) is 10.7 Å². The molecule has 5 heteroatoms. The monoisotopic (exact) mass is 272 g/mol. The van der Waals surface area contributed by atoms with Crippen molar-refractivity contribution in [2.45, 2.75) is 5.75 Å². The summed E-state index contributed by atoms with van der Waals surface area (Å²) in [5.41, 5.74) is 2.11. The van der Waals surface area contributed by atoms with Crippen molar-refractivity contribution in [2.24, 2.45) is 0 Å². The van der Waals surface area contributed by atoms with Crippen LogP contribution in [0.5, 0.6) is 0 Å². The van der Waals surface area contributed by atoms with Gasteiger partial charge in [-0.2, -0.15) is 0 Å². The third-order valence-electron chi connectivity index (χ3n) is 2.08. The first-order chi connectivity index (χ1) is 7.54. The molecule has 0 atom stereocenters. The van der Waals surface area contributed by atoms with Crippen molar-refractivity contribution in [3.8, 4) is 11.1 Å². The molecule has 1 aromatic heterocycles. The molecule has 2 aromatic rings. The fraction of sp³-hybridized carbons (Fsp3) is 0.0909. The Hall–Kier alpha value is -0.840. The zero-order chi connectivity index (χ0) is 11.6. The van der Waals surface area contributed by atoms with Gasteiger partial charge in [0.05, 0.1) is 5.75 Å². The average Bonchev–Trinajstić information content (AvgIpc) is 2.65. The second-order valence-electron chi connectivity index (χ2n) is 3.35. The fourth-order valence-electron chi connectivity index (χ4n) is 1.41. The molecule has 0 aliphatic carbocycles. The molecule has 0 saturated carbocycles. The SMILES string of the molecule is O=S(=O)(Cl)Cc1cc(-c2ccccc2)cs1. The van der Waals surface area contributed by atoms with Gasteiger partial charge in [0.15, 0.2) is 0 Å². The molecule has 0 aliphatic heterocycles. The second-order valence-corrected chi connectivity index (χ2v) is 7.12. The van der Waals surface area contributed by atoms with Crippen LogP contribution in [0.3, 0.4) is 0 Å². The molecule has 1 aromatic carbocycles. The van der Waals surface area contributed by atoms with Crippen LogP contribution < -0.4 is 0 Å². The number of hydrogen-bond acceptors (Lipinski definition) is 3. The maximum absolute atomic E-state index is 10.9. The lowest BCUT2D eigenvalue weighted by atomic mass is 10.1. The minimum absolute atomic E-state index is 0.105. The van der Waals surface area contributed by atoms with Crippen LogP contribution >= 0.6 is 22.0 Å². The van der Waals surface area contributed by atoms with Gasteiger partial charge in [-0.25, -0.2) is 8.42 Å². The first-order valence-electron chi connectivity index (χ1n) is 4.60. The van der Waals surface area contributed by atoms with Crippen LogP contribution in [-0.4, -0.2) is 8.42 Å². The van der Waals surface area contributed by atoms with Crippen molar-refractivity contribution in [1.29, 1.82) is 0 Å². The second kappa shape index (κ2) is 4.57. The smallest absolute Gasteiger partial charge is 0.212 e. The van der Waals surface area contributed by atoms with Gasteiger partial charge in [-0.1, -0.05) is 30.3 Å². The Bertz CT molecular complexity index is 573.